The van der Waals surface area contributed by atoms with Crippen LogP contribution in [0.2, 0.25) is 0 Å². The Morgan fingerprint density at radius 3 is 1.59 bits per heavy atom. The van der Waals surface area contributed by atoms with E-state index in [-0.39, 0.29) is 0 Å². The Hall–Kier alpha value is -9.43. The minimum Gasteiger partial charge on any atom is -0.309 e. The van der Waals surface area contributed by atoms with E-state index in [4.69, 9.17) is 15.0 Å². The summed E-state index contributed by atoms with van der Waals surface area (Å²) in [6, 6.07) is 77.0. The SMILES string of the molecule is N#Cc1ccc(-c2ccc3c4ccccc4n(-c4ccc(-c5cccc6c7ccccc7n(-c7ccccc7)c56)cc4-c4nc(-c5ccccc5)nc(-c5ccccc5)n4)c3c2)c(C#N)c1. The first kappa shape index (κ1) is 38.3. The van der Waals surface area contributed by atoms with Crippen LogP contribution >= 0.6 is 0 Å². The summed E-state index contributed by atoms with van der Waals surface area (Å²) in [7, 11) is 0. The van der Waals surface area contributed by atoms with Crippen LogP contribution < -0.4 is 0 Å². The van der Waals surface area contributed by atoms with Gasteiger partial charge in [-0.1, -0.05) is 158 Å². The number of benzene rings is 9. The second-order valence-electron chi connectivity index (χ2n) is 16.2. The van der Waals surface area contributed by atoms with E-state index in [1.165, 1.54) is 5.39 Å². The number of rotatable bonds is 7. The Balaban J connectivity index is 1.18. The number of aromatic nitrogens is 5. The molecule has 0 N–H and O–H groups in total. The molecule has 66 heavy (non-hydrogen) atoms. The summed E-state index contributed by atoms with van der Waals surface area (Å²) in [4.78, 5) is 15.7. The van der Waals surface area contributed by atoms with Gasteiger partial charge in [-0.2, -0.15) is 10.5 Å². The van der Waals surface area contributed by atoms with Gasteiger partial charge in [0.25, 0.3) is 0 Å². The molecule has 7 nitrogen and oxygen atoms in total. The van der Waals surface area contributed by atoms with E-state index in [9.17, 15) is 10.5 Å². The highest BCUT2D eigenvalue weighted by Crippen LogP contribution is 2.43. The fraction of sp³-hybridized carbons (Fsp3) is 0. The van der Waals surface area contributed by atoms with E-state index in [0.29, 0.717) is 28.6 Å². The van der Waals surface area contributed by atoms with Crippen LogP contribution in [-0.4, -0.2) is 24.1 Å². The molecular formula is C59H35N7. The van der Waals surface area contributed by atoms with Crippen LogP contribution in [-0.2, 0) is 0 Å². The molecule has 0 atom stereocenters. The number of fused-ring (bicyclic) bond motifs is 6. The molecule has 12 rings (SSSR count). The van der Waals surface area contributed by atoms with Crippen molar-refractivity contribution in [2.24, 2.45) is 0 Å². The third-order valence-corrected chi connectivity index (χ3v) is 12.5. The van der Waals surface area contributed by atoms with Crippen LogP contribution in [0.5, 0.6) is 0 Å². The summed E-state index contributed by atoms with van der Waals surface area (Å²) in [5.74, 6) is 1.66. The van der Waals surface area contributed by atoms with Crippen molar-refractivity contribution in [1.82, 2.24) is 24.1 Å². The first-order valence-corrected chi connectivity index (χ1v) is 21.7. The zero-order valence-corrected chi connectivity index (χ0v) is 35.3. The molecule has 0 unspecified atom stereocenters. The highest BCUT2D eigenvalue weighted by Gasteiger charge is 2.23. The molecule has 0 amide bonds. The molecule has 0 fully saturated rings. The van der Waals surface area contributed by atoms with Gasteiger partial charge in [0, 0.05) is 49.5 Å². The van der Waals surface area contributed by atoms with Gasteiger partial charge in [0.1, 0.15) is 0 Å². The van der Waals surface area contributed by atoms with Gasteiger partial charge in [0.05, 0.1) is 51.0 Å². The first-order valence-electron chi connectivity index (χ1n) is 21.7. The molecule has 0 aliphatic heterocycles. The van der Waals surface area contributed by atoms with E-state index in [2.05, 4.69) is 155 Å². The summed E-state index contributed by atoms with van der Waals surface area (Å²) < 4.78 is 4.66. The molecule has 7 heteroatoms. The van der Waals surface area contributed by atoms with E-state index in [1.54, 1.807) is 12.1 Å². The molecule has 3 aromatic heterocycles. The Morgan fingerprint density at radius 2 is 0.909 bits per heavy atom. The van der Waals surface area contributed by atoms with Crippen molar-refractivity contribution < 1.29 is 0 Å². The lowest BCUT2D eigenvalue weighted by Crippen LogP contribution is -2.04. The normalized spacial score (nSPS) is 11.3. The maximum atomic E-state index is 10.3. The average molecular weight is 842 g/mol. The molecule has 0 bridgehead atoms. The van der Waals surface area contributed by atoms with Gasteiger partial charge in [-0.15, -0.1) is 0 Å². The van der Waals surface area contributed by atoms with Gasteiger partial charge in [0.15, 0.2) is 17.5 Å². The topological polar surface area (TPSA) is 96.1 Å². The quantitative estimate of drug-likeness (QED) is 0.159. The number of para-hydroxylation sites is 4. The lowest BCUT2D eigenvalue weighted by molar-refractivity contribution is 1.06. The van der Waals surface area contributed by atoms with Gasteiger partial charge >= 0.3 is 0 Å². The van der Waals surface area contributed by atoms with Crippen molar-refractivity contribution in [1.29, 1.82) is 10.5 Å². The molecule has 0 saturated carbocycles. The zero-order chi connectivity index (χ0) is 44.1. The Bertz CT molecular complexity index is 3890. The maximum absolute atomic E-state index is 10.3. The molecule has 0 aliphatic rings. The van der Waals surface area contributed by atoms with Crippen LogP contribution in [0.25, 0.3) is 111 Å². The maximum Gasteiger partial charge on any atom is 0.166 e. The molecular weight excluding hydrogens is 807 g/mol. The Kier molecular flexibility index (Phi) is 9.12. The van der Waals surface area contributed by atoms with E-state index in [0.717, 1.165) is 88.5 Å². The second kappa shape index (κ2) is 15.7. The van der Waals surface area contributed by atoms with Gasteiger partial charge in [-0.05, 0) is 71.3 Å². The largest absolute Gasteiger partial charge is 0.309 e. The van der Waals surface area contributed by atoms with Crippen molar-refractivity contribution in [3.05, 3.63) is 223 Å². The van der Waals surface area contributed by atoms with Crippen molar-refractivity contribution in [3.63, 3.8) is 0 Å². The van der Waals surface area contributed by atoms with Crippen LogP contribution in [0, 0.1) is 22.7 Å². The zero-order valence-electron chi connectivity index (χ0n) is 35.3. The fourth-order valence-corrected chi connectivity index (χ4v) is 9.46. The molecule has 3 heterocycles. The molecule has 12 aromatic rings. The van der Waals surface area contributed by atoms with E-state index < -0.39 is 0 Å². The van der Waals surface area contributed by atoms with Crippen molar-refractivity contribution in [2.45, 2.75) is 0 Å². The van der Waals surface area contributed by atoms with Crippen LogP contribution in [0.15, 0.2) is 212 Å². The molecule has 9 aromatic carbocycles. The number of hydrogen-bond donors (Lipinski definition) is 0. The minimum absolute atomic E-state index is 0.440. The molecule has 0 radical (unpaired) electrons. The second-order valence-corrected chi connectivity index (χ2v) is 16.2. The molecule has 0 aliphatic carbocycles. The predicted octanol–water partition coefficient (Wildman–Crippen LogP) is 14.1. The standard InChI is InChI=1S/C59H35N7/c60-36-38-27-30-45(43(33-38)37-61)42-28-31-49-47-21-10-13-26-53(47)66(55(49)35-42)54-32-29-41(46-23-14-24-50-48-22-11-12-25-52(48)65(56(46)50)44-19-8-3-9-20-44)34-51(54)59-63-57(39-15-4-1-5-16-39)62-58(64-59)40-17-6-2-7-18-40/h1-35H. The van der Waals surface area contributed by atoms with Gasteiger partial charge in [0.2, 0.25) is 0 Å². The highest BCUT2D eigenvalue weighted by molar-refractivity contribution is 6.14. The van der Waals surface area contributed by atoms with Crippen molar-refractivity contribution in [3.8, 4) is 79.9 Å². The lowest BCUT2D eigenvalue weighted by Gasteiger charge is -2.17. The first-order chi connectivity index (χ1) is 32.6. The van der Waals surface area contributed by atoms with Gasteiger partial charge < -0.3 is 9.13 Å². The van der Waals surface area contributed by atoms with Crippen LogP contribution in [0.3, 0.4) is 0 Å². The third kappa shape index (κ3) is 6.31. The summed E-state index contributed by atoms with van der Waals surface area (Å²) in [5, 5.41) is 24.4. The summed E-state index contributed by atoms with van der Waals surface area (Å²) in [5.41, 5.74) is 13.3. The Morgan fingerprint density at radius 1 is 0.348 bits per heavy atom. The molecule has 0 spiro atoms. The number of nitriles is 2. The van der Waals surface area contributed by atoms with Gasteiger partial charge in [-0.3, -0.25) is 0 Å². The minimum atomic E-state index is 0.440. The van der Waals surface area contributed by atoms with Crippen molar-refractivity contribution >= 4 is 43.6 Å². The average Bonchev–Trinajstić information content (AvgIpc) is 3.91. The van der Waals surface area contributed by atoms with Crippen LogP contribution in [0.1, 0.15) is 11.1 Å². The smallest absolute Gasteiger partial charge is 0.166 e. The molecule has 306 valence electrons. The van der Waals surface area contributed by atoms with E-state index >= 15 is 0 Å². The highest BCUT2D eigenvalue weighted by atomic mass is 15.1. The Labute approximate surface area is 380 Å². The number of hydrogen-bond acceptors (Lipinski definition) is 5. The monoisotopic (exact) mass is 841 g/mol. The lowest BCUT2D eigenvalue weighted by atomic mass is 9.97. The van der Waals surface area contributed by atoms with Crippen molar-refractivity contribution in [2.75, 3.05) is 0 Å². The summed E-state index contributed by atoms with van der Waals surface area (Å²) in [6.07, 6.45) is 0. The van der Waals surface area contributed by atoms with Crippen LogP contribution in [0.4, 0.5) is 0 Å². The fourth-order valence-electron chi connectivity index (χ4n) is 9.46. The van der Waals surface area contributed by atoms with E-state index in [1.807, 2.05) is 66.7 Å². The third-order valence-electron chi connectivity index (χ3n) is 12.5. The number of nitrogens with zero attached hydrogens (tertiary/aromatic N) is 7. The summed E-state index contributed by atoms with van der Waals surface area (Å²) in [6.45, 7) is 0. The molecule has 0 saturated heterocycles. The predicted molar refractivity (Wildman–Crippen MR) is 265 cm³/mol. The summed E-state index contributed by atoms with van der Waals surface area (Å²) >= 11 is 0. The van der Waals surface area contributed by atoms with Gasteiger partial charge in [-0.25, -0.2) is 15.0 Å².